The molecule has 0 saturated heterocycles. The minimum Gasteiger partial charge on any atom is -0.406 e. The lowest BCUT2D eigenvalue weighted by atomic mass is 10.2. The molecule has 0 aliphatic heterocycles. The minimum absolute atomic E-state index is 0.153. The summed E-state index contributed by atoms with van der Waals surface area (Å²) in [5.74, 6) is -0.311. The Hall–Kier alpha value is -3.81. The highest BCUT2D eigenvalue weighted by atomic mass is 19.1. The fourth-order valence-electron chi connectivity index (χ4n) is 2.77. The lowest BCUT2D eigenvalue weighted by molar-refractivity contribution is 0.211. The summed E-state index contributed by atoms with van der Waals surface area (Å²) in [7, 11) is 0. The number of hydrogen-bond acceptors (Lipinski definition) is 4. The Bertz CT molecular complexity index is 1190. The van der Waals surface area contributed by atoms with E-state index in [2.05, 4.69) is 15.4 Å². The van der Waals surface area contributed by atoms with Gasteiger partial charge in [-0.3, -0.25) is 4.68 Å². The van der Waals surface area contributed by atoms with E-state index < -0.39 is 11.9 Å². The number of carbonyl (C=O) groups excluding carboxylic acids is 1. The number of nitrogens with one attached hydrogen (secondary N) is 1. The van der Waals surface area contributed by atoms with Crippen molar-refractivity contribution in [3.63, 3.8) is 0 Å². The summed E-state index contributed by atoms with van der Waals surface area (Å²) in [6, 6.07) is 12.0. The molecule has 0 saturated carbocycles. The molecule has 0 spiro atoms. The molecule has 8 heteroatoms. The zero-order valence-electron chi connectivity index (χ0n) is 14.7. The second-order valence-electron chi connectivity index (χ2n) is 6.01. The number of aryl methyl sites for hydroxylation is 1. The van der Waals surface area contributed by atoms with Gasteiger partial charge in [0.05, 0.1) is 17.4 Å². The Morgan fingerprint density at radius 1 is 1.14 bits per heavy atom. The van der Waals surface area contributed by atoms with Crippen LogP contribution in [0.5, 0.6) is 5.75 Å². The predicted molar refractivity (Wildman–Crippen MR) is 99.4 cm³/mol. The summed E-state index contributed by atoms with van der Waals surface area (Å²) in [6.07, 6.45) is 2.08. The summed E-state index contributed by atoms with van der Waals surface area (Å²) in [5, 5.41) is 0.377. The van der Waals surface area contributed by atoms with E-state index in [1.807, 2.05) is 0 Å². The highest BCUT2D eigenvalue weighted by Crippen LogP contribution is 2.21. The second-order valence-corrected chi connectivity index (χ2v) is 6.01. The van der Waals surface area contributed by atoms with Gasteiger partial charge >= 0.3 is 6.09 Å². The number of ether oxygens (including phenoxy) is 1. The van der Waals surface area contributed by atoms with Crippen molar-refractivity contribution in [2.24, 2.45) is 0 Å². The van der Waals surface area contributed by atoms with E-state index in [0.29, 0.717) is 28.0 Å². The number of amides is 1. The maximum absolute atomic E-state index is 13.7. The summed E-state index contributed by atoms with van der Waals surface area (Å²) in [4.78, 5) is 20.6. The molecule has 2 aromatic heterocycles. The summed E-state index contributed by atoms with van der Waals surface area (Å²) in [5.41, 5.74) is 3.92. The van der Waals surface area contributed by atoms with Crippen LogP contribution in [-0.2, 0) is 0 Å². The lowest BCUT2D eigenvalue weighted by Crippen LogP contribution is -2.25. The maximum Gasteiger partial charge on any atom is 0.432 e. The number of halogens is 2. The van der Waals surface area contributed by atoms with Crippen LogP contribution < -0.4 is 10.2 Å². The molecule has 2 aromatic carbocycles. The number of aromatic nitrogens is 3. The van der Waals surface area contributed by atoms with Crippen LogP contribution in [0.15, 0.2) is 60.9 Å². The van der Waals surface area contributed by atoms with Crippen LogP contribution >= 0.6 is 0 Å². The first-order chi connectivity index (χ1) is 13.5. The summed E-state index contributed by atoms with van der Waals surface area (Å²) < 4.78 is 33.7. The van der Waals surface area contributed by atoms with Crippen molar-refractivity contribution in [3.8, 4) is 17.1 Å². The van der Waals surface area contributed by atoms with Crippen molar-refractivity contribution in [1.29, 1.82) is 0 Å². The van der Waals surface area contributed by atoms with Gasteiger partial charge in [0.1, 0.15) is 11.6 Å². The molecule has 0 unspecified atom stereocenters. The third-order valence-corrected chi connectivity index (χ3v) is 4.11. The van der Waals surface area contributed by atoms with Crippen molar-refractivity contribution in [2.45, 2.75) is 6.92 Å². The summed E-state index contributed by atoms with van der Waals surface area (Å²) >= 11 is 0. The highest BCUT2D eigenvalue weighted by molar-refractivity contribution is 5.85. The number of hydrogen-bond donors (Lipinski definition) is 1. The molecule has 6 nitrogen and oxygen atoms in total. The van der Waals surface area contributed by atoms with Gasteiger partial charge in [-0.25, -0.2) is 29.0 Å². The normalized spacial score (nSPS) is 10.8. The molecule has 0 aliphatic carbocycles. The molecule has 4 aromatic rings. The number of nitrogens with zero attached hydrogens (tertiary/aromatic N) is 3. The Morgan fingerprint density at radius 3 is 2.75 bits per heavy atom. The first-order valence-corrected chi connectivity index (χ1v) is 8.35. The van der Waals surface area contributed by atoms with Crippen molar-refractivity contribution in [3.05, 3.63) is 78.3 Å². The Kier molecular flexibility index (Phi) is 4.44. The van der Waals surface area contributed by atoms with Crippen LogP contribution in [-0.4, -0.2) is 20.7 Å². The molecule has 1 amide bonds. The van der Waals surface area contributed by atoms with E-state index >= 15 is 0 Å². The molecular weight excluding hydrogens is 366 g/mol. The topological polar surface area (TPSA) is 69.0 Å². The molecule has 0 fully saturated rings. The van der Waals surface area contributed by atoms with Gasteiger partial charge in [-0.2, -0.15) is 0 Å². The van der Waals surface area contributed by atoms with Crippen LogP contribution in [0.1, 0.15) is 5.69 Å². The van der Waals surface area contributed by atoms with Crippen molar-refractivity contribution < 1.29 is 18.3 Å². The average Bonchev–Trinajstić information content (AvgIpc) is 3.07. The van der Waals surface area contributed by atoms with Crippen LogP contribution in [0.3, 0.4) is 0 Å². The van der Waals surface area contributed by atoms with E-state index in [1.165, 1.54) is 35.3 Å². The fraction of sp³-hybridized carbons (Fsp3) is 0.0500. The van der Waals surface area contributed by atoms with Gasteiger partial charge in [0.2, 0.25) is 0 Å². The fourth-order valence-corrected chi connectivity index (χ4v) is 2.77. The zero-order valence-corrected chi connectivity index (χ0v) is 14.7. The van der Waals surface area contributed by atoms with E-state index in [4.69, 9.17) is 4.74 Å². The Balaban J connectivity index is 1.52. The number of rotatable bonds is 3. The molecule has 0 radical (unpaired) electrons. The molecule has 0 aliphatic rings. The largest absolute Gasteiger partial charge is 0.432 e. The standard InChI is InChI=1S/C20H14F2N4O2/c1-12-18(11-23-19(24-12)13-4-2-5-14(21)10-13)28-20(27)25-26-9-8-15-16(22)6-3-7-17(15)26/h2-11H,1H3,(H,25,27). The van der Waals surface area contributed by atoms with Gasteiger partial charge in [0.15, 0.2) is 11.6 Å². The van der Waals surface area contributed by atoms with Gasteiger partial charge in [-0.05, 0) is 37.3 Å². The highest BCUT2D eigenvalue weighted by Gasteiger charge is 2.13. The molecule has 0 bridgehead atoms. The van der Waals surface area contributed by atoms with Gasteiger partial charge in [-0.15, -0.1) is 0 Å². The third kappa shape index (κ3) is 3.39. The molecule has 28 heavy (non-hydrogen) atoms. The average molecular weight is 380 g/mol. The number of benzene rings is 2. The van der Waals surface area contributed by atoms with Crippen LogP contribution in [0.25, 0.3) is 22.3 Å². The van der Waals surface area contributed by atoms with Crippen LogP contribution in [0.4, 0.5) is 13.6 Å². The smallest absolute Gasteiger partial charge is 0.406 e. The first kappa shape index (κ1) is 17.6. The monoisotopic (exact) mass is 380 g/mol. The summed E-state index contributed by atoms with van der Waals surface area (Å²) in [6.45, 7) is 1.65. The van der Waals surface area contributed by atoms with Gasteiger partial charge in [-0.1, -0.05) is 18.2 Å². The van der Waals surface area contributed by atoms with Crippen molar-refractivity contribution >= 4 is 17.0 Å². The van der Waals surface area contributed by atoms with Crippen molar-refractivity contribution in [1.82, 2.24) is 14.6 Å². The Labute approximate surface area is 158 Å². The van der Waals surface area contributed by atoms with Crippen LogP contribution in [0, 0.1) is 18.6 Å². The minimum atomic E-state index is -0.785. The number of fused-ring (bicyclic) bond motifs is 1. The predicted octanol–water partition coefficient (Wildman–Crippen LogP) is 4.43. The molecule has 0 atom stereocenters. The first-order valence-electron chi connectivity index (χ1n) is 8.35. The van der Waals surface area contributed by atoms with Gasteiger partial charge in [0, 0.05) is 17.1 Å². The Morgan fingerprint density at radius 2 is 1.96 bits per heavy atom. The molecule has 140 valence electrons. The van der Waals surface area contributed by atoms with Crippen LogP contribution in [0.2, 0.25) is 0 Å². The van der Waals surface area contributed by atoms with Gasteiger partial charge < -0.3 is 4.74 Å². The number of carbonyl (C=O) groups is 1. The van der Waals surface area contributed by atoms with E-state index in [0.717, 1.165) is 0 Å². The maximum atomic E-state index is 13.7. The second kappa shape index (κ2) is 7.07. The zero-order chi connectivity index (χ0) is 19.7. The van der Waals surface area contributed by atoms with E-state index in [1.54, 1.807) is 37.3 Å². The van der Waals surface area contributed by atoms with E-state index in [9.17, 15) is 13.6 Å². The van der Waals surface area contributed by atoms with E-state index in [-0.39, 0.29) is 11.6 Å². The quantitative estimate of drug-likeness (QED) is 0.571. The molecule has 1 N–H and O–H groups in total. The lowest BCUT2D eigenvalue weighted by Gasteiger charge is -2.10. The molecule has 2 heterocycles. The molecular formula is C20H14F2N4O2. The molecule has 4 rings (SSSR count). The third-order valence-electron chi connectivity index (χ3n) is 4.11. The van der Waals surface area contributed by atoms with Crippen molar-refractivity contribution in [2.75, 3.05) is 5.43 Å². The SMILES string of the molecule is Cc1nc(-c2cccc(F)c2)ncc1OC(=O)Nn1ccc2c(F)cccc21. The van der Waals surface area contributed by atoms with Gasteiger partial charge in [0.25, 0.3) is 0 Å².